The fraction of sp³-hybridized carbons (Fsp3) is 1.00. The van der Waals surface area contributed by atoms with Crippen molar-refractivity contribution in [3.8, 4) is 0 Å². The van der Waals surface area contributed by atoms with Gasteiger partial charge in [0, 0.05) is 24.9 Å². The summed E-state index contributed by atoms with van der Waals surface area (Å²) in [5, 5.41) is 13.8. The molecule has 0 aromatic rings. The average molecular weight is 261 g/mol. The number of aliphatic hydroxyl groups excluding tert-OH is 1. The Kier molecular flexibility index (Phi) is 9.16. The van der Waals surface area contributed by atoms with Crippen LogP contribution in [-0.4, -0.2) is 48.5 Å². The summed E-state index contributed by atoms with van der Waals surface area (Å²) in [5.74, 6) is 1.30. The second-order valence-corrected chi connectivity index (χ2v) is 6.14. The second kappa shape index (κ2) is 10.2. The molecule has 2 N–H and O–H groups in total. The Morgan fingerprint density at radius 2 is 2.35 bits per heavy atom. The van der Waals surface area contributed by atoms with E-state index in [0.29, 0.717) is 13.2 Å². The van der Waals surface area contributed by atoms with E-state index in [-0.39, 0.29) is 6.10 Å². The molecule has 0 aliphatic carbocycles. The zero-order valence-electron chi connectivity index (χ0n) is 11.0. The molecule has 2 atom stereocenters. The third-order valence-corrected chi connectivity index (χ3v) is 4.38. The van der Waals surface area contributed by atoms with Gasteiger partial charge in [-0.15, -0.1) is 0 Å². The van der Waals surface area contributed by atoms with E-state index in [1.165, 1.54) is 25.0 Å². The van der Waals surface area contributed by atoms with Crippen LogP contribution >= 0.6 is 11.8 Å². The van der Waals surface area contributed by atoms with Gasteiger partial charge < -0.3 is 15.2 Å². The van der Waals surface area contributed by atoms with Gasteiger partial charge in [-0.05, 0) is 25.0 Å². The maximum atomic E-state index is 9.68. The third kappa shape index (κ3) is 8.03. The van der Waals surface area contributed by atoms with Gasteiger partial charge in [0.1, 0.15) is 0 Å². The van der Waals surface area contributed by atoms with Crippen molar-refractivity contribution in [1.82, 2.24) is 5.32 Å². The zero-order valence-corrected chi connectivity index (χ0v) is 11.8. The summed E-state index contributed by atoms with van der Waals surface area (Å²) in [5.41, 5.74) is 0. The van der Waals surface area contributed by atoms with E-state index >= 15 is 0 Å². The Labute approximate surface area is 110 Å². The molecule has 0 amide bonds. The number of rotatable bonds is 9. The summed E-state index contributed by atoms with van der Waals surface area (Å²) in [7, 11) is 0. The molecule has 1 saturated heterocycles. The number of ether oxygens (including phenoxy) is 1. The van der Waals surface area contributed by atoms with Gasteiger partial charge in [-0.2, -0.15) is 11.8 Å². The number of hydrogen-bond donors (Lipinski definition) is 2. The van der Waals surface area contributed by atoms with Crippen LogP contribution in [0.4, 0.5) is 0 Å². The summed E-state index contributed by atoms with van der Waals surface area (Å²) < 4.78 is 5.38. The average Bonchev–Trinajstić information content (AvgIpc) is 2.36. The Hall–Kier alpha value is 0.230. The van der Waals surface area contributed by atoms with E-state index in [0.717, 1.165) is 31.2 Å². The van der Waals surface area contributed by atoms with E-state index in [1.807, 2.05) is 0 Å². The minimum Gasteiger partial charge on any atom is -0.389 e. The van der Waals surface area contributed by atoms with Crippen molar-refractivity contribution < 1.29 is 9.84 Å². The molecule has 1 fully saturated rings. The molecule has 0 spiro atoms. The Morgan fingerprint density at radius 1 is 1.47 bits per heavy atom. The first kappa shape index (κ1) is 15.3. The molecule has 102 valence electrons. The van der Waals surface area contributed by atoms with E-state index < -0.39 is 0 Å². The lowest BCUT2D eigenvalue weighted by molar-refractivity contribution is 0.0360. The SMILES string of the molecule is CCCCOCC(O)CNCC1CCCCS1. The van der Waals surface area contributed by atoms with Crippen LogP contribution in [0, 0.1) is 0 Å². The van der Waals surface area contributed by atoms with Gasteiger partial charge in [0.15, 0.2) is 0 Å². The van der Waals surface area contributed by atoms with Gasteiger partial charge in [-0.3, -0.25) is 0 Å². The maximum Gasteiger partial charge on any atom is 0.0897 e. The molecule has 1 rings (SSSR count). The highest BCUT2D eigenvalue weighted by Gasteiger charge is 2.13. The molecule has 4 heteroatoms. The molecule has 3 nitrogen and oxygen atoms in total. The molecule has 1 aliphatic heterocycles. The van der Waals surface area contributed by atoms with Gasteiger partial charge in [-0.25, -0.2) is 0 Å². The van der Waals surface area contributed by atoms with Crippen LogP contribution in [0.1, 0.15) is 39.0 Å². The number of thioether (sulfide) groups is 1. The van der Waals surface area contributed by atoms with Crippen molar-refractivity contribution in [3.05, 3.63) is 0 Å². The van der Waals surface area contributed by atoms with Crippen LogP contribution in [0.25, 0.3) is 0 Å². The lowest BCUT2D eigenvalue weighted by Gasteiger charge is -2.22. The summed E-state index contributed by atoms with van der Waals surface area (Å²) >= 11 is 2.06. The van der Waals surface area contributed by atoms with E-state index in [2.05, 4.69) is 24.0 Å². The molecule has 0 radical (unpaired) electrons. The van der Waals surface area contributed by atoms with Crippen molar-refractivity contribution >= 4 is 11.8 Å². The normalized spacial score (nSPS) is 22.6. The van der Waals surface area contributed by atoms with E-state index in [1.54, 1.807) is 0 Å². The quantitative estimate of drug-likeness (QED) is 0.623. The molecule has 0 aromatic carbocycles. The molecule has 1 heterocycles. The molecule has 0 bridgehead atoms. The summed E-state index contributed by atoms with van der Waals surface area (Å²) in [6, 6.07) is 0. The molecular weight excluding hydrogens is 234 g/mol. The molecular formula is C13H27NO2S. The van der Waals surface area contributed by atoms with Crippen molar-refractivity contribution in [2.75, 3.05) is 32.1 Å². The first-order valence-electron chi connectivity index (χ1n) is 6.91. The lowest BCUT2D eigenvalue weighted by atomic mass is 10.2. The number of hydrogen-bond acceptors (Lipinski definition) is 4. The molecule has 0 saturated carbocycles. The smallest absolute Gasteiger partial charge is 0.0897 e. The number of aliphatic hydroxyl groups is 1. The van der Waals surface area contributed by atoms with Gasteiger partial charge in [0.05, 0.1) is 12.7 Å². The van der Waals surface area contributed by atoms with Crippen LogP contribution < -0.4 is 5.32 Å². The fourth-order valence-electron chi connectivity index (χ4n) is 1.90. The topological polar surface area (TPSA) is 41.5 Å². The fourth-order valence-corrected chi connectivity index (χ4v) is 3.18. The molecule has 0 aromatic heterocycles. The molecule has 1 aliphatic rings. The van der Waals surface area contributed by atoms with Crippen LogP contribution in [0.2, 0.25) is 0 Å². The Morgan fingerprint density at radius 3 is 3.06 bits per heavy atom. The predicted molar refractivity (Wildman–Crippen MR) is 74.7 cm³/mol. The summed E-state index contributed by atoms with van der Waals surface area (Å²) in [6.45, 7) is 5.06. The van der Waals surface area contributed by atoms with Crippen molar-refractivity contribution in [1.29, 1.82) is 0 Å². The monoisotopic (exact) mass is 261 g/mol. The molecule has 17 heavy (non-hydrogen) atoms. The summed E-state index contributed by atoms with van der Waals surface area (Å²) in [6.07, 6.45) is 5.92. The largest absolute Gasteiger partial charge is 0.389 e. The van der Waals surface area contributed by atoms with Crippen LogP contribution in [0.5, 0.6) is 0 Å². The highest BCUT2D eigenvalue weighted by Crippen LogP contribution is 2.24. The summed E-state index contributed by atoms with van der Waals surface area (Å²) in [4.78, 5) is 0. The van der Waals surface area contributed by atoms with Crippen molar-refractivity contribution in [3.63, 3.8) is 0 Å². The van der Waals surface area contributed by atoms with Gasteiger partial charge in [-0.1, -0.05) is 19.8 Å². The maximum absolute atomic E-state index is 9.68. The number of unbranched alkanes of at least 4 members (excludes halogenated alkanes) is 1. The van der Waals surface area contributed by atoms with Crippen molar-refractivity contribution in [2.45, 2.75) is 50.4 Å². The third-order valence-electron chi connectivity index (χ3n) is 2.98. The van der Waals surface area contributed by atoms with E-state index in [4.69, 9.17) is 4.74 Å². The second-order valence-electron chi connectivity index (χ2n) is 4.73. The first-order chi connectivity index (χ1) is 8.33. The minimum atomic E-state index is -0.361. The Balaban J connectivity index is 1.90. The van der Waals surface area contributed by atoms with Gasteiger partial charge in [0.2, 0.25) is 0 Å². The Bertz CT molecular complexity index is 175. The number of nitrogens with one attached hydrogen (secondary N) is 1. The van der Waals surface area contributed by atoms with E-state index in [9.17, 15) is 5.11 Å². The first-order valence-corrected chi connectivity index (χ1v) is 7.96. The minimum absolute atomic E-state index is 0.361. The van der Waals surface area contributed by atoms with Crippen LogP contribution in [0.3, 0.4) is 0 Å². The van der Waals surface area contributed by atoms with Gasteiger partial charge in [0.25, 0.3) is 0 Å². The van der Waals surface area contributed by atoms with Crippen molar-refractivity contribution in [2.24, 2.45) is 0 Å². The standard InChI is InChI=1S/C13H27NO2S/c1-2-3-7-16-11-12(15)9-14-10-13-6-4-5-8-17-13/h12-15H,2-11H2,1H3. The highest BCUT2D eigenvalue weighted by atomic mass is 32.2. The molecule has 2 unspecified atom stereocenters. The van der Waals surface area contributed by atoms with Crippen LogP contribution in [0.15, 0.2) is 0 Å². The lowest BCUT2D eigenvalue weighted by Crippen LogP contribution is -2.35. The van der Waals surface area contributed by atoms with Crippen LogP contribution in [-0.2, 0) is 4.74 Å². The predicted octanol–water partition coefficient (Wildman–Crippen LogP) is 2.04. The van der Waals surface area contributed by atoms with Gasteiger partial charge >= 0.3 is 0 Å². The zero-order chi connectivity index (χ0) is 12.3. The highest BCUT2D eigenvalue weighted by molar-refractivity contribution is 7.99.